The molecule has 0 heterocycles. The molecule has 2 atom stereocenters. The number of nitrogen functional groups attached to an aromatic ring is 1. The van der Waals surface area contributed by atoms with E-state index in [1.54, 1.807) is 12.1 Å². The van der Waals surface area contributed by atoms with E-state index in [0.29, 0.717) is 10.4 Å². The van der Waals surface area contributed by atoms with Gasteiger partial charge in [0.15, 0.2) is 6.61 Å². The fourth-order valence-electron chi connectivity index (χ4n) is 2.81. The van der Waals surface area contributed by atoms with Crippen LogP contribution in [0.3, 0.4) is 0 Å². The molecule has 1 aromatic rings. The van der Waals surface area contributed by atoms with Crippen LogP contribution >= 0.6 is 15.9 Å². The molecule has 1 aliphatic carbocycles. The summed E-state index contributed by atoms with van der Waals surface area (Å²) in [6, 6.07) is 4.24. The van der Waals surface area contributed by atoms with E-state index in [-0.39, 0.29) is 17.3 Å². The molecule has 0 saturated heterocycles. The summed E-state index contributed by atoms with van der Waals surface area (Å²) in [5, 5.41) is 4.97. The van der Waals surface area contributed by atoms with E-state index >= 15 is 0 Å². The molecule has 25 heavy (non-hydrogen) atoms. The van der Waals surface area contributed by atoms with Crippen molar-refractivity contribution in [2.24, 2.45) is 5.92 Å². The third kappa shape index (κ3) is 5.74. The summed E-state index contributed by atoms with van der Waals surface area (Å²) in [6.45, 7) is 1.52. The Morgan fingerprint density at radius 2 is 2.00 bits per heavy atom. The van der Waals surface area contributed by atoms with Gasteiger partial charge < -0.3 is 15.8 Å². The first kappa shape index (κ1) is 19.2. The topological polar surface area (TPSA) is 111 Å². The first-order valence-corrected chi connectivity index (χ1v) is 8.98. The van der Waals surface area contributed by atoms with Gasteiger partial charge in [0, 0.05) is 16.2 Å². The molecule has 1 saturated carbocycles. The highest BCUT2D eigenvalue weighted by atomic mass is 79.9. The minimum atomic E-state index is -0.727. The number of anilines is 1. The number of halogens is 1. The molecule has 0 aliphatic heterocycles. The molecule has 0 spiro atoms. The van der Waals surface area contributed by atoms with E-state index in [0.717, 1.165) is 25.7 Å². The van der Waals surface area contributed by atoms with Gasteiger partial charge >= 0.3 is 12.0 Å². The Morgan fingerprint density at radius 3 is 2.72 bits per heavy atom. The highest BCUT2D eigenvalue weighted by Gasteiger charge is 2.23. The van der Waals surface area contributed by atoms with Gasteiger partial charge in [-0.2, -0.15) is 0 Å². The normalized spacial score (nSPS) is 19.8. The number of carbonyl (C=O) groups excluding carboxylic acids is 3. The third-order valence-electron chi connectivity index (χ3n) is 4.25. The third-order valence-corrected chi connectivity index (χ3v) is 4.74. The van der Waals surface area contributed by atoms with Gasteiger partial charge in [-0.1, -0.05) is 35.7 Å². The van der Waals surface area contributed by atoms with Crippen molar-refractivity contribution in [1.29, 1.82) is 0 Å². The Balaban J connectivity index is 1.79. The van der Waals surface area contributed by atoms with Crippen molar-refractivity contribution in [3.05, 3.63) is 28.2 Å². The molecule has 1 aromatic carbocycles. The van der Waals surface area contributed by atoms with Crippen molar-refractivity contribution in [2.45, 2.75) is 38.6 Å². The molecule has 8 heteroatoms. The summed E-state index contributed by atoms with van der Waals surface area (Å²) in [5.74, 6) is -1.04. The molecule has 136 valence electrons. The minimum Gasteiger partial charge on any atom is -0.452 e. The van der Waals surface area contributed by atoms with E-state index in [1.807, 2.05) is 0 Å². The zero-order valence-electron chi connectivity index (χ0n) is 14.0. The van der Waals surface area contributed by atoms with Crippen LogP contribution in [0.5, 0.6) is 0 Å². The lowest BCUT2D eigenvalue weighted by Crippen LogP contribution is -2.48. The Bertz CT molecular complexity index is 665. The number of hydrogen-bond acceptors (Lipinski definition) is 5. The van der Waals surface area contributed by atoms with Crippen molar-refractivity contribution < 1.29 is 19.1 Å². The van der Waals surface area contributed by atoms with E-state index in [4.69, 9.17) is 10.5 Å². The average molecular weight is 412 g/mol. The highest BCUT2D eigenvalue weighted by molar-refractivity contribution is 9.10. The first-order valence-electron chi connectivity index (χ1n) is 8.19. The monoisotopic (exact) mass is 411 g/mol. The van der Waals surface area contributed by atoms with Crippen LogP contribution in [0, 0.1) is 5.92 Å². The summed E-state index contributed by atoms with van der Waals surface area (Å²) < 4.78 is 5.57. The van der Waals surface area contributed by atoms with Gasteiger partial charge in [-0.15, -0.1) is 0 Å². The van der Waals surface area contributed by atoms with Crippen LogP contribution in [-0.4, -0.2) is 30.6 Å². The van der Waals surface area contributed by atoms with Crippen LogP contribution in [0.15, 0.2) is 22.7 Å². The molecule has 0 aromatic heterocycles. The van der Waals surface area contributed by atoms with E-state index < -0.39 is 24.5 Å². The molecule has 2 rings (SSSR count). The van der Waals surface area contributed by atoms with Crippen LogP contribution in [0.4, 0.5) is 10.5 Å². The molecular formula is C17H22BrN3O4. The zero-order valence-corrected chi connectivity index (χ0v) is 15.6. The van der Waals surface area contributed by atoms with Crippen LogP contribution < -0.4 is 16.4 Å². The van der Waals surface area contributed by atoms with Gasteiger partial charge in [0.1, 0.15) is 0 Å². The fourth-order valence-corrected chi connectivity index (χ4v) is 3.17. The van der Waals surface area contributed by atoms with Crippen molar-refractivity contribution in [2.75, 3.05) is 12.3 Å². The van der Waals surface area contributed by atoms with Gasteiger partial charge in [0.25, 0.3) is 5.91 Å². The number of nitrogens with two attached hydrogens (primary N) is 1. The number of nitrogens with one attached hydrogen (secondary N) is 2. The van der Waals surface area contributed by atoms with Gasteiger partial charge in [-0.25, -0.2) is 9.59 Å². The van der Waals surface area contributed by atoms with Crippen molar-refractivity contribution >= 4 is 39.5 Å². The number of carbonyl (C=O) groups is 3. The Labute approximate surface area is 154 Å². The molecule has 3 amide bonds. The zero-order chi connectivity index (χ0) is 18.4. The second-order valence-electron chi connectivity index (χ2n) is 6.20. The molecule has 7 nitrogen and oxygen atoms in total. The smallest absolute Gasteiger partial charge is 0.340 e. The molecule has 0 bridgehead atoms. The maximum absolute atomic E-state index is 12.0. The summed E-state index contributed by atoms with van der Waals surface area (Å²) in [4.78, 5) is 35.6. The standard InChI is InChI=1S/C17H22BrN3O4/c1-10-4-2-3-5-14(10)20-17(24)21-15(22)9-25-16(23)12-8-11(18)6-7-13(12)19/h6-8,10,14H,2-5,9,19H2,1H3,(H2,20,21,22,24)/t10-,14+/m1/s1. The lowest BCUT2D eigenvalue weighted by Gasteiger charge is -2.29. The van der Waals surface area contributed by atoms with Gasteiger partial charge in [-0.3, -0.25) is 10.1 Å². The molecule has 1 aliphatic rings. The predicted octanol–water partition coefficient (Wildman–Crippen LogP) is 2.59. The molecule has 0 unspecified atom stereocenters. The SMILES string of the molecule is C[C@@H]1CCCC[C@@H]1NC(=O)NC(=O)COC(=O)c1cc(Br)ccc1N. The van der Waals surface area contributed by atoms with E-state index in [9.17, 15) is 14.4 Å². The summed E-state index contributed by atoms with van der Waals surface area (Å²) in [5.41, 5.74) is 6.11. The Hall–Kier alpha value is -2.09. The maximum atomic E-state index is 12.0. The lowest BCUT2D eigenvalue weighted by atomic mass is 9.86. The van der Waals surface area contributed by atoms with Gasteiger partial charge in [-0.05, 0) is 37.0 Å². The number of hydrogen-bond donors (Lipinski definition) is 3. The quantitative estimate of drug-likeness (QED) is 0.520. The van der Waals surface area contributed by atoms with Crippen molar-refractivity contribution in [3.8, 4) is 0 Å². The predicted molar refractivity (Wildman–Crippen MR) is 96.9 cm³/mol. The lowest BCUT2D eigenvalue weighted by molar-refractivity contribution is -0.123. The Kier molecular flexibility index (Phi) is 6.81. The second kappa shape index (κ2) is 8.84. The van der Waals surface area contributed by atoms with Gasteiger partial charge in [0.2, 0.25) is 0 Å². The number of urea groups is 1. The summed E-state index contributed by atoms with van der Waals surface area (Å²) in [7, 11) is 0. The molecule has 0 radical (unpaired) electrons. The van der Waals surface area contributed by atoms with Gasteiger partial charge in [0.05, 0.1) is 5.56 Å². The molecular weight excluding hydrogens is 390 g/mol. The van der Waals surface area contributed by atoms with Crippen LogP contribution in [-0.2, 0) is 9.53 Å². The van der Waals surface area contributed by atoms with E-state index in [1.165, 1.54) is 6.07 Å². The second-order valence-corrected chi connectivity index (χ2v) is 7.11. The minimum absolute atomic E-state index is 0.0607. The maximum Gasteiger partial charge on any atom is 0.340 e. The first-order chi connectivity index (χ1) is 11.9. The largest absolute Gasteiger partial charge is 0.452 e. The van der Waals surface area contributed by atoms with Crippen molar-refractivity contribution in [3.63, 3.8) is 0 Å². The number of esters is 1. The van der Waals surface area contributed by atoms with Crippen LogP contribution in [0.1, 0.15) is 43.0 Å². The fraction of sp³-hybridized carbons (Fsp3) is 0.471. The molecule has 1 fully saturated rings. The van der Waals surface area contributed by atoms with Crippen LogP contribution in [0.25, 0.3) is 0 Å². The number of benzene rings is 1. The molecule has 4 N–H and O–H groups in total. The van der Waals surface area contributed by atoms with E-state index in [2.05, 4.69) is 33.5 Å². The van der Waals surface area contributed by atoms with Crippen molar-refractivity contribution in [1.82, 2.24) is 10.6 Å². The number of rotatable bonds is 4. The van der Waals surface area contributed by atoms with Crippen LogP contribution in [0.2, 0.25) is 0 Å². The average Bonchev–Trinajstić information content (AvgIpc) is 2.57. The number of amides is 3. The highest BCUT2D eigenvalue weighted by Crippen LogP contribution is 2.23. The summed E-state index contributed by atoms with van der Waals surface area (Å²) >= 11 is 3.23. The number of ether oxygens (including phenoxy) is 1. The summed E-state index contributed by atoms with van der Waals surface area (Å²) in [6.07, 6.45) is 4.19. The Morgan fingerprint density at radius 1 is 1.28 bits per heavy atom. The number of imide groups is 1.